The Morgan fingerprint density at radius 1 is 1.12 bits per heavy atom. The molecule has 3 atom stereocenters. The van der Waals surface area contributed by atoms with Crippen LogP contribution in [-0.2, 0) is 16.0 Å². The number of rotatable bonds is 2. The minimum atomic E-state index is -1.55. The zero-order valence-electron chi connectivity index (χ0n) is 17.5. The molecule has 0 aromatic heterocycles. The number of imide groups is 2. The first-order chi connectivity index (χ1) is 15.3. The number of nitro groups is 1. The predicted molar refractivity (Wildman–Crippen MR) is 116 cm³/mol. The zero-order chi connectivity index (χ0) is 22.6. The summed E-state index contributed by atoms with van der Waals surface area (Å²) in [4.78, 5) is 54.1. The second kappa shape index (κ2) is 7.15. The van der Waals surface area contributed by atoms with Crippen LogP contribution in [0.4, 0.5) is 21.9 Å². The molecule has 9 heteroatoms. The number of amides is 4. The molecule has 32 heavy (non-hydrogen) atoms. The molecule has 5 rings (SSSR count). The molecule has 0 bridgehead atoms. The Balaban J connectivity index is 1.69. The Hall–Kier alpha value is -3.75. The molecule has 1 spiro atoms. The highest BCUT2D eigenvalue weighted by atomic mass is 16.6. The van der Waals surface area contributed by atoms with E-state index in [0.717, 1.165) is 17.0 Å². The fourth-order valence-corrected chi connectivity index (χ4v) is 5.34. The number of carbonyl (C=O) groups is 3. The Labute approximate surface area is 184 Å². The molecule has 2 fully saturated rings. The van der Waals surface area contributed by atoms with Gasteiger partial charge in [-0.05, 0) is 42.5 Å². The van der Waals surface area contributed by atoms with E-state index >= 15 is 0 Å². The number of anilines is 2. The minimum absolute atomic E-state index is 0.000813. The molecule has 0 saturated carbocycles. The highest BCUT2D eigenvalue weighted by molar-refractivity contribution is 6.30. The van der Waals surface area contributed by atoms with Gasteiger partial charge in [0.2, 0.25) is 5.91 Å². The van der Waals surface area contributed by atoms with Gasteiger partial charge in [0.25, 0.3) is 11.6 Å². The lowest BCUT2D eigenvalue weighted by Gasteiger charge is -2.54. The lowest BCUT2D eigenvalue weighted by atomic mass is 9.64. The second-order valence-electron chi connectivity index (χ2n) is 8.79. The monoisotopic (exact) mass is 434 g/mol. The summed E-state index contributed by atoms with van der Waals surface area (Å²) in [6.45, 7) is 2.71. The molecule has 3 aliphatic heterocycles. The lowest BCUT2D eigenvalue weighted by Crippen LogP contribution is -2.73. The number of nitrogens with one attached hydrogen (secondary N) is 1. The molecule has 0 radical (unpaired) electrons. The van der Waals surface area contributed by atoms with Crippen molar-refractivity contribution in [2.24, 2.45) is 11.3 Å². The van der Waals surface area contributed by atoms with E-state index in [2.05, 4.69) is 12.2 Å². The highest BCUT2D eigenvalue weighted by Crippen LogP contribution is 2.49. The number of non-ortho nitro benzene ring substituents is 1. The van der Waals surface area contributed by atoms with Crippen LogP contribution >= 0.6 is 0 Å². The van der Waals surface area contributed by atoms with E-state index in [9.17, 15) is 24.5 Å². The maximum absolute atomic E-state index is 14.0. The molecule has 9 nitrogen and oxygen atoms in total. The van der Waals surface area contributed by atoms with E-state index in [1.807, 2.05) is 4.90 Å². The highest BCUT2D eigenvalue weighted by Gasteiger charge is 2.63. The number of barbiturate groups is 1. The van der Waals surface area contributed by atoms with Crippen LogP contribution < -0.4 is 15.1 Å². The quantitative estimate of drug-likeness (QED) is 0.442. The van der Waals surface area contributed by atoms with Crippen molar-refractivity contribution in [3.05, 3.63) is 64.2 Å². The third-order valence-corrected chi connectivity index (χ3v) is 6.91. The largest absolute Gasteiger partial charge is 0.367 e. The van der Waals surface area contributed by atoms with Crippen LogP contribution in [0.2, 0.25) is 0 Å². The summed E-state index contributed by atoms with van der Waals surface area (Å²) in [6, 6.07) is 11.9. The van der Waals surface area contributed by atoms with Gasteiger partial charge in [0.05, 0.1) is 16.7 Å². The number of nitrogens with zero attached hydrogens (tertiary/aromatic N) is 3. The van der Waals surface area contributed by atoms with Crippen molar-refractivity contribution in [2.75, 3.05) is 16.3 Å². The summed E-state index contributed by atoms with van der Waals surface area (Å²) in [7, 11) is 0. The Morgan fingerprint density at radius 2 is 1.88 bits per heavy atom. The SMILES string of the molecule is C[C@H]1CCN2c3ccc([N+](=O)[O-])cc3C[C@]3(C(=O)NC(=O)N(c4ccccc4)C3=O)[C@@H]2C1. The first-order valence-electron chi connectivity index (χ1n) is 10.6. The van der Waals surface area contributed by atoms with Crippen LogP contribution in [0.25, 0.3) is 0 Å². The number of nitro benzene ring substituents is 1. The van der Waals surface area contributed by atoms with Crippen molar-refractivity contribution in [1.82, 2.24) is 5.32 Å². The number of benzene rings is 2. The van der Waals surface area contributed by atoms with Crippen LogP contribution in [0, 0.1) is 21.4 Å². The summed E-state index contributed by atoms with van der Waals surface area (Å²) < 4.78 is 0. The zero-order valence-corrected chi connectivity index (χ0v) is 17.5. The van der Waals surface area contributed by atoms with Gasteiger partial charge in [-0.3, -0.25) is 25.0 Å². The summed E-state index contributed by atoms with van der Waals surface area (Å²) >= 11 is 0. The standard InChI is InChI=1S/C23H22N4O5/c1-14-9-10-25-18-8-7-17(27(31)32)12-15(18)13-23(19(25)11-14)20(28)24-22(30)26(21(23)29)16-5-3-2-4-6-16/h2-8,12,14,19H,9-11,13H2,1H3,(H,24,28,30)/t14-,19-,23+/m0/s1. The number of para-hydroxylation sites is 1. The van der Waals surface area contributed by atoms with E-state index in [1.165, 1.54) is 12.1 Å². The van der Waals surface area contributed by atoms with Gasteiger partial charge in [-0.25, -0.2) is 9.69 Å². The normalized spacial score (nSPS) is 27.1. The molecule has 1 N–H and O–H groups in total. The molecular formula is C23H22N4O5. The third-order valence-electron chi connectivity index (χ3n) is 6.91. The van der Waals surface area contributed by atoms with E-state index in [0.29, 0.717) is 24.2 Å². The molecule has 3 aliphatic rings. The first kappa shape index (κ1) is 20.2. The van der Waals surface area contributed by atoms with Gasteiger partial charge in [-0.15, -0.1) is 0 Å². The number of fused-ring (bicyclic) bond motifs is 4. The topological polar surface area (TPSA) is 113 Å². The molecule has 2 saturated heterocycles. The van der Waals surface area contributed by atoms with E-state index in [-0.39, 0.29) is 18.0 Å². The summed E-state index contributed by atoms with van der Waals surface area (Å²) in [5.41, 5.74) is 0.1000. The summed E-state index contributed by atoms with van der Waals surface area (Å²) in [5.74, 6) is -0.934. The predicted octanol–water partition coefficient (Wildman–Crippen LogP) is 3.03. The Morgan fingerprint density at radius 3 is 2.59 bits per heavy atom. The number of piperidine rings is 1. The van der Waals surface area contributed by atoms with Gasteiger partial charge in [-0.1, -0.05) is 25.1 Å². The van der Waals surface area contributed by atoms with Crippen LogP contribution in [0.5, 0.6) is 0 Å². The van der Waals surface area contributed by atoms with Crippen LogP contribution in [0.1, 0.15) is 25.3 Å². The van der Waals surface area contributed by atoms with Gasteiger partial charge < -0.3 is 4.90 Å². The van der Waals surface area contributed by atoms with Crippen molar-refractivity contribution in [3.8, 4) is 0 Å². The Kier molecular flexibility index (Phi) is 4.51. The van der Waals surface area contributed by atoms with E-state index in [4.69, 9.17) is 0 Å². The van der Waals surface area contributed by atoms with E-state index in [1.54, 1.807) is 36.4 Å². The van der Waals surface area contributed by atoms with E-state index < -0.39 is 34.2 Å². The average Bonchev–Trinajstić information content (AvgIpc) is 2.77. The number of urea groups is 1. The molecule has 0 aliphatic carbocycles. The number of hydrogen-bond donors (Lipinski definition) is 1. The second-order valence-corrected chi connectivity index (χ2v) is 8.79. The molecule has 4 amide bonds. The van der Waals surface area contributed by atoms with Crippen molar-refractivity contribution in [1.29, 1.82) is 0 Å². The summed E-state index contributed by atoms with van der Waals surface area (Å²) in [6.07, 6.45) is 1.48. The van der Waals surface area contributed by atoms with Crippen molar-refractivity contribution in [3.63, 3.8) is 0 Å². The van der Waals surface area contributed by atoms with Crippen molar-refractivity contribution in [2.45, 2.75) is 32.2 Å². The van der Waals surface area contributed by atoms with Crippen LogP contribution in [0.15, 0.2) is 48.5 Å². The molecule has 3 heterocycles. The van der Waals surface area contributed by atoms with Crippen LogP contribution in [0.3, 0.4) is 0 Å². The molecule has 2 aromatic carbocycles. The minimum Gasteiger partial charge on any atom is -0.367 e. The molecule has 164 valence electrons. The fourth-order valence-electron chi connectivity index (χ4n) is 5.34. The Bertz CT molecular complexity index is 1150. The molecule has 2 aromatic rings. The van der Waals surface area contributed by atoms with Gasteiger partial charge in [0, 0.05) is 30.8 Å². The fraction of sp³-hybridized carbons (Fsp3) is 0.348. The van der Waals surface area contributed by atoms with Gasteiger partial charge in [0.1, 0.15) is 0 Å². The third kappa shape index (κ3) is 2.80. The smallest absolute Gasteiger partial charge is 0.335 e. The maximum atomic E-state index is 14.0. The molecule has 0 unspecified atom stereocenters. The van der Waals surface area contributed by atoms with Crippen LogP contribution in [-0.4, -0.2) is 35.4 Å². The summed E-state index contributed by atoms with van der Waals surface area (Å²) in [5, 5.41) is 13.8. The van der Waals surface area contributed by atoms with Gasteiger partial charge in [0.15, 0.2) is 5.41 Å². The van der Waals surface area contributed by atoms with Gasteiger partial charge in [-0.2, -0.15) is 0 Å². The molecular weight excluding hydrogens is 412 g/mol. The number of hydrogen-bond acceptors (Lipinski definition) is 6. The maximum Gasteiger partial charge on any atom is 0.335 e. The van der Waals surface area contributed by atoms with Gasteiger partial charge >= 0.3 is 6.03 Å². The number of carbonyl (C=O) groups excluding carboxylic acids is 3. The average molecular weight is 434 g/mol. The van der Waals surface area contributed by atoms with Crippen molar-refractivity contribution < 1.29 is 19.3 Å². The first-order valence-corrected chi connectivity index (χ1v) is 10.6. The lowest BCUT2D eigenvalue weighted by molar-refractivity contribution is -0.384. The van der Waals surface area contributed by atoms with Crippen molar-refractivity contribution >= 4 is 34.9 Å².